The number of aryl methyl sites for hydroxylation is 1. The molecule has 0 N–H and O–H groups in total. The maximum Gasteiger partial charge on any atom is 0.214 e. The van der Waals surface area contributed by atoms with Gasteiger partial charge in [0.2, 0.25) is 12.2 Å². The molecule has 0 bridgehead atoms. The van der Waals surface area contributed by atoms with Gasteiger partial charge in [0.05, 0.1) is 0 Å². The van der Waals surface area contributed by atoms with Gasteiger partial charge in [-0.2, -0.15) is 4.98 Å². The minimum absolute atomic E-state index is 0.639. The van der Waals surface area contributed by atoms with E-state index < -0.39 is 0 Å². The third-order valence-electron chi connectivity index (χ3n) is 4.60. The van der Waals surface area contributed by atoms with Gasteiger partial charge in [0.25, 0.3) is 0 Å². The zero-order chi connectivity index (χ0) is 15.4. The standard InChI is InChI=1S/C18H25N3O/c1-3-10-21(11-4-2)15-9-8-14-6-5-7-16(17(14)12-15)18-19-13-22-20-18/h5-7,13,15H,3-4,8-12H2,1-2H3. The maximum absolute atomic E-state index is 4.94. The maximum atomic E-state index is 4.94. The summed E-state index contributed by atoms with van der Waals surface area (Å²) < 4.78 is 4.94. The highest BCUT2D eigenvalue weighted by atomic mass is 16.5. The molecule has 0 radical (unpaired) electrons. The molecule has 4 heteroatoms. The van der Waals surface area contributed by atoms with E-state index in [4.69, 9.17) is 4.52 Å². The lowest BCUT2D eigenvalue weighted by Crippen LogP contribution is -2.40. The molecule has 1 aliphatic rings. The summed E-state index contributed by atoms with van der Waals surface area (Å²) in [6, 6.07) is 7.12. The molecule has 2 aromatic rings. The Labute approximate surface area is 132 Å². The van der Waals surface area contributed by atoms with Gasteiger partial charge in [-0.25, -0.2) is 0 Å². The Balaban J connectivity index is 1.88. The molecule has 22 heavy (non-hydrogen) atoms. The van der Waals surface area contributed by atoms with Crippen LogP contribution in [0, 0.1) is 0 Å². The largest absolute Gasteiger partial charge is 0.342 e. The quantitative estimate of drug-likeness (QED) is 0.815. The predicted molar refractivity (Wildman–Crippen MR) is 87.7 cm³/mol. The van der Waals surface area contributed by atoms with Crippen molar-refractivity contribution >= 4 is 0 Å². The first-order valence-electron chi connectivity index (χ1n) is 8.45. The third-order valence-corrected chi connectivity index (χ3v) is 4.60. The van der Waals surface area contributed by atoms with Crippen molar-refractivity contribution in [1.29, 1.82) is 0 Å². The monoisotopic (exact) mass is 299 g/mol. The van der Waals surface area contributed by atoms with Crippen molar-refractivity contribution < 1.29 is 4.52 Å². The van der Waals surface area contributed by atoms with Crippen LogP contribution in [0.5, 0.6) is 0 Å². The molecule has 1 aromatic carbocycles. The highest BCUT2D eigenvalue weighted by Gasteiger charge is 2.26. The highest BCUT2D eigenvalue weighted by molar-refractivity contribution is 5.62. The van der Waals surface area contributed by atoms with E-state index in [2.05, 4.69) is 47.1 Å². The minimum Gasteiger partial charge on any atom is -0.342 e. The molecule has 4 nitrogen and oxygen atoms in total. The van der Waals surface area contributed by atoms with E-state index in [0.717, 1.165) is 24.2 Å². The lowest BCUT2D eigenvalue weighted by atomic mass is 9.84. The summed E-state index contributed by atoms with van der Waals surface area (Å²) in [5, 5.41) is 4.04. The Kier molecular flexibility index (Phi) is 4.88. The number of benzene rings is 1. The van der Waals surface area contributed by atoms with Gasteiger partial charge in [0.15, 0.2) is 0 Å². The topological polar surface area (TPSA) is 42.2 Å². The second-order valence-corrected chi connectivity index (χ2v) is 6.13. The van der Waals surface area contributed by atoms with Crippen molar-refractivity contribution in [3.05, 3.63) is 35.7 Å². The Morgan fingerprint density at radius 1 is 1.23 bits per heavy atom. The van der Waals surface area contributed by atoms with Gasteiger partial charge >= 0.3 is 0 Å². The van der Waals surface area contributed by atoms with Crippen LogP contribution in [0.4, 0.5) is 0 Å². The fourth-order valence-corrected chi connectivity index (χ4v) is 3.63. The number of hydrogen-bond acceptors (Lipinski definition) is 4. The van der Waals surface area contributed by atoms with Gasteiger partial charge in [-0.15, -0.1) is 0 Å². The van der Waals surface area contributed by atoms with E-state index in [0.29, 0.717) is 6.04 Å². The number of fused-ring (bicyclic) bond motifs is 1. The molecule has 0 amide bonds. The molecule has 1 heterocycles. The summed E-state index contributed by atoms with van der Waals surface area (Å²) in [5.41, 5.74) is 4.01. The summed E-state index contributed by atoms with van der Waals surface area (Å²) in [5.74, 6) is 0.718. The zero-order valence-corrected chi connectivity index (χ0v) is 13.6. The first-order valence-corrected chi connectivity index (χ1v) is 8.45. The van der Waals surface area contributed by atoms with Crippen LogP contribution >= 0.6 is 0 Å². The molecule has 1 unspecified atom stereocenters. The van der Waals surface area contributed by atoms with Crippen LogP contribution in [-0.2, 0) is 12.8 Å². The number of hydrogen-bond donors (Lipinski definition) is 0. The molecule has 1 aliphatic carbocycles. The lowest BCUT2D eigenvalue weighted by molar-refractivity contribution is 0.180. The van der Waals surface area contributed by atoms with Gasteiger partial charge in [0.1, 0.15) is 0 Å². The molecule has 0 fully saturated rings. The van der Waals surface area contributed by atoms with E-state index in [9.17, 15) is 0 Å². The minimum atomic E-state index is 0.639. The second-order valence-electron chi connectivity index (χ2n) is 6.13. The lowest BCUT2D eigenvalue weighted by Gasteiger charge is -2.35. The Morgan fingerprint density at radius 3 is 2.73 bits per heavy atom. The third kappa shape index (κ3) is 3.07. The molecule has 1 aromatic heterocycles. The first-order chi connectivity index (χ1) is 10.8. The van der Waals surface area contributed by atoms with Crippen molar-refractivity contribution in [3.8, 4) is 11.4 Å². The van der Waals surface area contributed by atoms with Crippen LogP contribution in [0.2, 0.25) is 0 Å². The van der Waals surface area contributed by atoms with E-state index in [1.54, 1.807) is 0 Å². The average molecular weight is 299 g/mol. The fraction of sp³-hybridized carbons (Fsp3) is 0.556. The Morgan fingerprint density at radius 2 is 2.05 bits per heavy atom. The van der Waals surface area contributed by atoms with Crippen molar-refractivity contribution in [1.82, 2.24) is 15.0 Å². The Hall–Kier alpha value is -1.68. The van der Waals surface area contributed by atoms with Gasteiger partial charge < -0.3 is 9.42 Å². The van der Waals surface area contributed by atoms with E-state index in [-0.39, 0.29) is 0 Å². The van der Waals surface area contributed by atoms with Crippen LogP contribution < -0.4 is 0 Å². The summed E-state index contributed by atoms with van der Waals surface area (Å²) >= 11 is 0. The predicted octanol–water partition coefficient (Wildman–Crippen LogP) is 3.72. The summed E-state index contributed by atoms with van der Waals surface area (Å²) in [4.78, 5) is 6.91. The normalized spacial score (nSPS) is 17.7. The SMILES string of the molecule is CCCN(CCC)C1CCc2cccc(-c3ncon3)c2C1. The van der Waals surface area contributed by atoms with Crippen molar-refractivity contribution in [2.45, 2.75) is 52.0 Å². The smallest absolute Gasteiger partial charge is 0.214 e. The fourth-order valence-electron chi connectivity index (χ4n) is 3.63. The van der Waals surface area contributed by atoms with Crippen LogP contribution in [0.15, 0.2) is 29.1 Å². The van der Waals surface area contributed by atoms with Gasteiger partial charge in [0, 0.05) is 11.6 Å². The second kappa shape index (κ2) is 7.05. The van der Waals surface area contributed by atoms with Gasteiger partial charge in [-0.3, -0.25) is 0 Å². The van der Waals surface area contributed by atoms with Crippen LogP contribution in [-0.4, -0.2) is 34.2 Å². The first kappa shape index (κ1) is 15.2. The highest BCUT2D eigenvalue weighted by Crippen LogP contribution is 2.31. The zero-order valence-electron chi connectivity index (χ0n) is 13.6. The molecular weight excluding hydrogens is 274 g/mol. The average Bonchev–Trinajstić information content (AvgIpc) is 3.08. The van der Waals surface area contributed by atoms with Crippen molar-refractivity contribution in [2.24, 2.45) is 0 Å². The molecule has 1 atom stereocenters. The van der Waals surface area contributed by atoms with E-state index in [1.807, 2.05) is 0 Å². The number of aromatic nitrogens is 2. The molecule has 0 aliphatic heterocycles. The molecular formula is C18H25N3O. The van der Waals surface area contributed by atoms with Crippen LogP contribution in [0.1, 0.15) is 44.2 Å². The van der Waals surface area contributed by atoms with Crippen molar-refractivity contribution in [2.75, 3.05) is 13.1 Å². The van der Waals surface area contributed by atoms with Crippen LogP contribution in [0.3, 0.4) is 0 Å². The molecule has 3 rings (SSSR count). The summed E-state index contributed by atoms with van der Waals surface area (Å²) in [6.45, 7) is 6.92. The molecule has 0 spiro atoms. The summed E-state index contributed by atoms with van der Waals surface area (Å²) in [7, 11) is 0. The van der Waals surface area contributed by atoms with Crippen molar-refractivity contribution in [3.63, 3.8) is 0 Å². The summed E-state index contributed by atoms with van der Waals surface area (Å²) in [6.07, 6.45) is 7.35. The van der Waals surface area contributed by atoms with Gasteiger partial charge in [-0.05, 0) is 56.3 Å². The number of nitrogens with zero attached hydrogens (tertiary/aromatic N) is 3. The molecule has 118 valence electrons. The number of rotatable bonds is 6. The van der Waals surface area contributed by atoms with E-state index in [1.165, 1.54) is 49.9 Å². The van der Waals surface area contributed by atoms with E-state index >= 15 is 0 Å². The molecule has 0 saturated heterocycles. The van der Waals surface area contributed by atoms with Gasteiger partial charge in [-0.1, -0.05) is 37.2 Å². The molecule has 0 saturated carbocycles. The Bertz CT molecular complexity index is 588. The van der Waals surface area contributed by atoms with Crippen LogP contribution in [0.25, 0.3) is 11.4 Å².